The normalized spacial score (nSPS) is 12.1. The number of hydrogen-bond acceptors (Lipinski definition) is 4. The standard InChI is InChI=1S/C28H32FN3O2S/c1-28(2,3)22-9-11-24(12-10-22)32(25(33)14-17-35)26(21-7-5-15-30-19-21)27(34)31-16-13-20-6-4-8-23(29)18-20/h4-12,15,18-19,26,35H,13-14,16-17H2,1-3H3,(H,31,34)/t26-/m1/s1. The number of carbonyl (C=O) groups is 2. The maximum atomic E-state index is 13.5. The van der Waals surface area contributed by atoms with E-state index in [1.807, 2.05) is 30.3 Å². The maximum Gasteiger partial charge on any atom is 0.247 e. The lowest BCUT2D eigenvalue weighted by atomic mass is 9.87. The van der Waals surface area contributed by atoms with Gasteiger partial charge >= 0.3 is 0 Å². The zero-order valence-corrected chi connectivity index (χ0v) is 21.3. The van der Waals surface area contributed by atoms with Crippen molar-refractivity contribution in [3.05, 3.63) is 95.6 Å². The van der Waals surface area contributed by atoms with E-state index in [-0.39, 0.29) is 29.5 Å². The Balaban J connectivity index is 1.93. The SMILES string of the molecule is CC(C)(C)c1ccc(N(C(=O)CCS)[C@@H](C(=O)NCCc2cccc(F)c2)c2cccnc2)cc1. The molecule has 0 aliphatic rings. The van der Waals surface area contributed by atoms with Gasteiger partial charge < -0.3 is 5.32 Å². The highest BCUT2D eigenvalue weighted by atomic mass is 32.1. The molecule has 35 heavy (non-hydrogen) atoms. The molecular weight excluding hydrogens is 461 g/mol. The summed E-state index contributed by atoms with van der Waals surface area (Å²) < 4.78 is 13.5. The topological polar surface area (TPSA) is 62.3 Å². The third-order valence-electron chi connectivity index (χ3n) is 5.71. The van der Waals surface area contributed by atoms with Crippen molar-refractivity contribution in [2.45, 2.75) is 45.1 Å². The van der Waals surface area contributed by atoms with Crippen LogP contribution in [0.15, 0.2) is 73.1 Å². The summed E-state index contributed by atoms with van der Waals surface area (Å²) in [4.78, 5) is 32.5. The van der Waals surface area contributed by atoms with Crippen LogP contribution in [0.2, 0.25) is 0 Å². The predicted octanol–water partition coefficient (Wildman–Crippen LogP) is 5.27. The number of halogens is 1. The van der Waals surface area contributed by atoms with Gasteiger partial charge in [-0.3, -0.25) is 19.5 Å². The van der Waals surface area contributed by atoms with Gasteiger partial charge in [-0.25, -0.2) is 4.39 Å². The third kappa shape index (κ3) is 7.15. The highest BCUT2D eigenvalue weighted by Crippen LogP contribution is 2.31. The number of nitrogens with one attached hydrogen (secondary N) is 1. The van der Waals surface area contributed by atoms with Gasteiger partial charge in [0.15, 0.2) is 0 Å². The molecule has 5 nitrogen and oxygen atoms in total. The molecule has 2 amide bonds. The van der Waals surface area contributed by atoms with Crippen molar-refractivity contribution in [2.75, 3.05) is 17.2 Å². The van der Waals surface area contributed by atoms with E-state index in [1.54, 1.807) is 30.6 Å². The summed E-state index contributed by atoms with van der Waals surface area (Å²) in [5.41, 5.74) is 3.08. The molecule has 2 aromatic carbocycles. The van der Waals surface area contributed by atoms with Gasteiger partial charge in [-0.05, 0) is 59.0 Å². The molecule has 0 unspecified atom stereocenters. The smallest absolute Gasteiger partial charge is 0.247 e. The number of pyridine rings is 1. The lowest BCUT2D eigenvalue weighted by Gasteiger charge is -2.32. The van der Waals surface area contributed by atoms with Crippen LogP contribution < -0.4 is 10.2 Å². The Morgan fingerprint density at radius 2 is 1.83 bits per heavy atom. The number of hydrogen-bond donors (Lipinski definition) is 2. The second-order valence-electron chi connectivity index (χ2n) is 9.39. The van der Waals surface area contributed by atoms with Crippen LogP contribution in [-0.2, 0) is 21.4 Å². The van der Waals surface area contributed by atoms with Crippen LogP contribution >= 0.6 is 12.6 Å². The molecule has 3 aromatic rings. The van der Waals surface area contributed by atoms with Crippen molar-refractivity contribution in [3.8, 4) is 0 Å². The minimum atomic E-state index is -0.913. The Bertz CT molecular complexity index is 1130. The van der Waals surface area contributed by atoms with Crippen LogP contribution in [0.4, 0.5) is 10.1 Å². The molecule has 0 fully saturated rings. The van der Waals surface area contributed by atoms with E-state index < -0.39 is 6.04 Å². The van der Waals surface area contributed by atoms with Crippen LogP contribution in [-0.4, -0.2) is 29.1 Å². The van der Waals surface area contributed by atoms with Crippen molar-refractivity contribution in [3.63, 3.8) is 0 Å². The average Bonchev–Trinajstić information content (AvgIpc) is 2.82. The van der Waals surface area contributed by atoms with E-state index in [4.69, 9.17) is 0 Å². The van der Waals surface area contributed by atoms with Crippen molar-refractivity contribution < 1.29 is 14.0 Å². The largest absolute Gasteiger partial charge is 0.354 e. The molecule has 0 bridgehead atoms. The van der Waals surface area contributed by atoms with E-state index in [1.165, 1.54) is 17.0 Å². The van der Waals surface area contributed by atoms with Gasteiger partial charge in [0, 0.05) is 36.6 Å². The first-order valence-electron chi connectivity index (χ1n) is 11.7. The van der Waals surface area contributed by atoms with E-state index >= 15 is 0 Å². The van der Waals surface area contributed by atoms with Crippen molar-refractivity contribution in [2.24, 2.45) is 0 Å². The average molecular weight is 494 g/mol. The molecule has 3 rings (SSSR count). The Kier molecular flexibility index (Phi) is 9.04. The van der Waals surface area contributed by atoms with Crippen LogP contribution in [0.25, 0.3) is 0 Å². The minimum Gasteiger partial charge on any atom is -0.354 e. The van der Waals surface area contributed by atoms with E-state index in [0.29, 0.717) is 30.0 Å². The van der Waals surface area contributed by atoms with Crippen molar-refractivity contribution in [1.29, 1.82) is 0 Å². The monoisotopic (exact) mass is 493 g/mol. The first-order chi connectivity index (χ1) is 16.7. The van der Waals surface area contributed by atoms with E-state index in [9.17, 15) is 14.0 Å². The Morgan fingerprint density at radius 1 is 1.09 bits per heavy atom. The number of nitrogens with zero attached hydrogens (tertiary/aromatic N) is 2. The highest BCUT2D eigenvalue weighted by Gasteiger charge is 2.32. The summed E-state index contributed by atoms with van der Waals surface area (Å²) in [5, 5.41) is 2.93. The highest BCUT2D eigenvalue weighted by molar-refractivity contribution is 7.80. The van der Waals surface area contributed by atoms with Gasteiger partial charge in [-0.15, -0.1) is 0 Å². The number of thiol groups is 1. The molecule has 1 atom stereocenters. The Hall–Kier alpha value is -3.19. The summed E-state index contributed by atoms with van der Waals surface area (Å²) in [6, 6.07) is 16.6. The van der Waals surface area contributed by atoms with Crippen LogP contribution in [0.1, 0.15) is 49.9 Å². The molecule has 1 aromatic heterocycles. The Morgan fingerprint density at radius 3 is 2.43 bits per heavy atom. The lowest BCUT2D eigenvalue weighted by Crippen LogP contribution is -2.44. The zero-order chi connectivity index (χ0) is 25.4. The van der Waals surface area contributed by atoms with E-state index in [2.05, 4.69) is 43.7 Å². The maximum absolute atomic E-state index is 13.5. The first-order valence-corrected chi connectivity index (χ1v) is 12.3. The van der Waals surface area contributed by atoms with Crippen molar-refractivity contribution in [1.82, 2.24) is 10.3 Å². The number of amides is 2. The van der Waals surface area contributed by atoms with Crippen molar-refractivity contribution >= 4 is 30.1 Å². The van der Waals surface area contributed by atoms with Gasteiger partial charge in [-0.2, -0.15) is 12.6 Å². The number of carbonyl (C=O) groups excluding carboxylic acids is 2. The Labute approximate surface area is 212 Å². The molecule has 1 heterocycles. The molecule has 0 aliphatic carbocycles. The number of benzene rings is 2. The fraction of sp³-hybridized carbons (Fsp3) is 0.321. The van der Waals surface area contributed by atoms with Gasteiger partial charge in [0.1, 0.15) is 11.9 Å². The fourth-order valence-electron chi connectivity index (χ4n) is 3.85. The van der Waals surface area contributed by atoms with Crippen LogP contribution in [0.5, 0.6) is 0 Å². The molecule has 0 radical (unpaired) electrons. The number of aromatic nitrogens is 1. The zero-order valence-electron chi connectivity index (χ0n) is 20.4. The summed E-state index contributed by atoms with van der Waals surface area (Å²) >= 11 is 4.24. The fourth-order valence-corrected chi connectivity index (χ4v) is 4.04. The molecule has 0 spiro atoms. The molecule has 7 heteroatoms. The second-order valence-corrected chi connectivity index (χ2v) is 9.84. The lowest BCUT2D eigenvalue weighted by molar-refractivity contribution is -0.126. The molecule has 0 saturated heterocycles. The molecule has 0 saturated carbocycles. The first kappa shape index (κ1) is 26.4. The second kappa shape index (κ2) is 12.0. The summed E-state index contributed by atoms with van der Waals surface area (Å²) in [7, 11) is 0. The van der Waals surface area contributed by atoms with Gasteiger partial charge in [-0.1, -0.05) is 51.1 Å². The van der Waals surface area contributed by atoms with Gasteiger partial charge in [0.25, 0.3) is 0 Å². The predicted molar refractivity (Wildman–Crippen MR) is 141 cm³/mol. The van der Waals surface area contributed by atoms with E-state index in [0.717, 1.165) is 11.1 Å². The number of anilines is 1. The number of rotatable bonds is 9. The third-order valence-corrected chi connectivity index (χ3v) is 5.94. The quantitative estimate of drug-likeness (QED) is 0.399. The molecular formula is C28H32FN3O2S. The molecule has 1 N–H and O–H groups in total. The summed E-state index contributed by atoms with van der Waals surface area (Å²) in [6.45, 7) is 6.67. The molecule has 0 aliphatic heterocycles. The van der Waals surface area contributed by atoms with Gasteiger partial charge in [0.05, 0.1) is 0 Å². The van der Waals surface area contributed by atoms with Gasteiger partial charge in [0.2, 0.25) is 11.8 Å². The summed E-state index contributed by atoms with van der Waals surface area (Å²) in [5.74, 6) is -0.500. The summed E-state index contributed by atoms with van der Waals surface area (Å²) in [6.07, 6.45) is 3.87. The van der Waals surface area contributed by atoms with Crippen LogP contribution in [0, 0.1) is 5.82 Å². The van der Waals surface area contributed by atoms with Crippen LogP contribution in [0.3, 0.4) is 0 Å². The minimum absolute atomic E-state index is 0.0461. The molecule has 184 valence electrons.